The van der Waals surface area contributed by atoms with Crippen LogP contribution in [0.4, 0.5) is 11.4 Å². The minimum Gasteiger partial charge on any atom is -0.483 e. The van der Waals surface area contributed by atoms with Crippen LogP contribution in [-0.4, -0.2) is 22.7 Å². The van der Waals surface area contributed by atoms with Crippen molar-refractivity contribution in [3.63, 3.8) is 0 Å². The van der Waals surface area contributed by atoms with Crippen LogP contribution in [0.3, 0.4) is 0 Å². The van der Waals surface area contributed by atoms with Gasteiger partial charge in [-0.1, -0.05) is 23.7 Å². The van der Waals surface area contributed by atoms with Crippen molar-refractivity contribution in [3.8, 4) is 5.75 Å². The Balaban J connectivity index is 1.61. The Bertz CT molecular complexity index is 1080. The SMILES string of the molecule is CC(Oc1ccc(NC(=O)c2ccc([N+](=O)[O-])cc2)cc1)C(=O)c1cccc(Cl)c1. The molecule has 0 aliphatic rings. The standard InChI is InChI=1S/C22H17ClN2O5/c1-14(21(26)16-3-2-4-17(23)13-16)30-20-11-7-18(8-12-20)24-22(27)15-5-9-19(10-6-15)25(28)29/h2-14H,1H3,(H,24,27). The number of ketones is 1. The molecule has 1 amide bonds. The summed E-state index contributed by atoms with van der Waals surface area (Å²) < 4.78 is 5.68. The highest BCUT2D eigenvalue weighted by molar-refractivity contribution is 6.31. The maximum absolute atomic E-state index is 12.5. The number of nitrogens with zero attached hydrogens (tertiary/aromatic N) is 1. The van der Waals surface area contributed by atoms with Crippen LogP contribution in [0.25, 0.3) is 0 Å². The van der Waals surface area contributed by atoms with Gasteiger partial charge in [-0.05, 0) is 55.5 Å². The molecule has 1 unspecified atom stereocenters. The number of nitrogens with one attached hydrogen (secondary N) is 1. The first-order valence-electron chi connectivity index (χ1n) is 8.96. The molecule has 8 heteroatoms. The van der Waals surface area contributed by atoms with Crippen LogP contribution in [0.2, 0.25) is 5.02 Å². The third kappa shape index (κ3) is 5.21. The van der Waals surface area contributed by atoms with Gasteiger partial charge in [0.25, 0.3) is 11.6 Å². The Labute approximate surface area is 177 Å². The fraction of sp³-hybridized carbons (Fsp3) is 0.0909. The first-order valence-corrected chi connectivity index (χ1v) is 9.33. The van der Waals surface area contributed by atoms with Gasteiger partial charge in [0.05, 0.1) is 4.92 Å². The summed E-state index contributed by atoms with van der Waals surface area (Å²) in [7, 11) is 0. The summed E-state index contributed by atoms with van der Waals surface area (Å²) in [5.74, 6) is -0.137. The van der Waals surface area contributed by atoms with Crippen molar-refractivity contribution in [1.29, 1.82) is 0 Å². The second-order valence-electron chi connectivity index (χ2n) is 6.42. The molecule has 0 saturated heterocycles. The number of non-ortho nitro benzene ring substituents is 1. The zero-order chi connectivity index (χ0) is 21.7. The molecule has 0 spiro atoms. The van der Waals surface area contributed by atoms with Crippen molar-refractivity contribution in [1.82, 2.24) is 0 Å². The topological polar surface area (TPSA) is 98.5 Å². The Morgan fingerprint density at radius 1 is 1.00 bits per heavy atom. The lowest BCUT2D eigenvalue weighted by atomic mass is 10.1. The number of anilines is 1. The number of nitro groups is 1. The van der Waals surface area contributed by atoms with Gasteiger partial charge in [-0.15, -0.1) is 0 Å². The number of Topliss-reactive ketones (excluding diaryl/α,β-unsaturated/α-hetero) is 1. The minimum absolute atomic E-state index is 0.0884. The van der Waals surface area contributed by atoms with Crippen molar-refractivity contribution >= 4 is 34.7 Å². The van der Waals surface area contributed by atoms with E-state index >= 15 is 0 Å². The zero-order valence-corrected chi connectivity index (χ0v) is 16.6. The Hall–Kier alpha value is -3.71. The van der Waals surface area contributed by atoms with E-state index in [4.69, 9.17) is 16.3 Å². The predicted octanol–water partition coefficient (Wildman–Crippen LogP) is 5.15. The molecule has 3 aromatic rings. The largest absolute Gasteiger partial charge is 0.483 e. The highest BCUT2D eigenvalue weighted by atomic mass is 35.5. The molecule has 152 valence electrons. The number of nitro benzene ring substituents is 1. The maximum atomic E-state index is 12.5. The number of rotatable bonds is 7. The van der Waals surface area contributed by atoms with E-state index in [2.05, 4.69) is 5.32 Å². The van der Waals surface area contributed by atoms with Crippen molar-refractivity contribution in [2.24, 2.45) is 0 Å². The van der Waals surface area contributed by atoms with E-state index in [0.717, 1.165) is 0 Å². The van der Waals surface area contributed by atoms with Crippen molar-refractivity contribution in [2.45, 2.75) is 13.0 Å². The van der Waals surface area contributed by atoms with Gasteiger partial charge < -0.3 is 10.1 Å². The van der Waals surface area contributed by atoms with E-state index in [1.54, 1.807) is 55.5 Å². The van der Waals surface area contributed by atoms with Gasteiger partial charge in [0.1, 0.15) is 5.75 Å². The van der Waals surface area contributed by atoms with Crippen LogP contribution in [0, 0.1) is 10.1 Å². The molecule has 0 saturated carbocycles. The molecule has 30 heavy (non-hydrogen) atoms. The first-order chi connectivity index (χ1) is 14.3. The smallest absolute Gasteiger partial charge is 0.269 e. The fourth-order valence-corrected chi connectivity index (χ4v) is 2.88. The summed E-state index contributed by atoms with van der Waals surface area (Å²) in [6.45, 7) is 1.65. The van der Waals surface area contributed by atoms with Gasteiger partial charge in [-0.3, -0.25) is 19.7 Å². The molecule has 0 aliphatic carbocycles. The van der Waals surface area contributed by atoms with Gasteiger partial charge >= 0.3 is 0 Å². The van der Waals surface area contributed by atoms with Crippen molar-refractivity contribution in [2.75, 3.05) is 5.32 Å². The van der Waals surface area contributed by atoms with E-state index in [9.17, 15) is 19.7 Å². The lowest BCUT2D eigenvalue weighted by Gasteiger charge is -2.14. The van der Waals surface area contributed by atoms with Gasteiger partial charge in [0.2, 0.25) is 5.78 Å². The summed E-state index contributed by atoms with van der Waals surface area (Å²) in [4.78, 5) is 34.9. The summed E-state index contributed by atoms with van der Waals surface area (Å²) in [5, 5.41) is 13.9. The average Bonchev–Trinajstić information content (AvgIpc) is 2.74. The van der Waals surface area contributed by atoms with E-state index < -0.39 is 16.9 Å². The second-order valence-corrected chi connectivity index (χ2v) is 6.85. The van der Waals surface area contributed by atoms with E-state index in [1.807, 2.05) is 0 Å². The number of halogens is 1. The molecule has 1 atom stereocenters. The molecule has 0 aromatic heterocycles. The summed E-state index contributed by atoms with van der Waals surface area (Å²) >= 11 is 5.92. The van der Waals surface area contributed by atoms with E-state index in [1.165, 1.54) is 24.3 Å². The van der Waals surface area contributed by atoms with Crippen molar-refractivity contribution < 1.29 is 19.2 Å². The third-order valence-corrected chi connectivity index (χ3v) is 4.48. The quantitative estimate of drug-likeness (QED) is 0.321. The highest BCUT2D eigenvalue weighted by Gasteiger charge is 2.17. The van der Waals surface area contributed by atoms with Crippen LogP contribution in [0.1, 0.15) is 27.6 Å². The molecule has 0 aliphatic heterocycles. The normalized spacial score (nSPS) is 11.4. The summed E-state index contributed by atoms with van der Waals surface area (Å²) in [5.41, 5.74) is 1.18. The van der Waals surface area contributed by atoms with Gasteiger partial charge in [0, 0.05) is 34.0 Å². The number of hydrogen-bond donors (Lipinski definition) is 1. The molecule has 0 fully saturated rings. The van der Waals surface area contributed by atoms with Crippen molar-refractivity contribution in [3.05, 3.63) is 99.1 Å². The Kier molecular flexibility index (Phi) is 6.44. The molecule has 0 radical (unpaired) electrons. The molecule has 1 N–H and O–H groups in total. The van der Waals surface area contributed by atoms with Crippen LogP contribution < -0.4 is 10.1 Å². The molecular formula is C22H17ClN2O5. The minimum atomic E-state index is -0.719. The molecule has 0 bridgehead atoms. The van der Waals surface area contributed by atoms with Gasteiger partial charge in [-0.25, -0.2) is 0 Å². The number of ether oxygens (including phenoxy) is 1. The zero-order valence-electron chi connectivity index (χ0n) is 15.9. The maximum Gasteiger partial charge on any atom is 0.269 e. The molecule has 7 nitrogen and oxygen atoms in total. The van der Waals surface area contributed by atoms with Crippen LogP contribution in [-0.2, 0) is 0 Å². The molecule has 3 rings (SSSR count). The second kappa shape index (κ2) is 9.19. The number of amides is 1. The lowest BCUT2D eigenvalue weighted by molar-refractivity contribution is -0.384. The Morgan fingerprint density at radius 3 is 2.27 bits per heavy atom. The number of carbonyl (C=O) groups excluding carboxylic acids is 2. The number of carbonyl (C=O) groups is 2. The van der Waals surface area contributed by atoms with Gasteiger partial charge in [-0.2, -0.15) is 0 Å². The molecule has 0 heterocycles. The van der Waals surface area contributed by atoms with Crippen LogP contribution in [0.5, 0.6) is 5.75 Å². The number of hydrogen-bond acceptors (Lipinski definition) is 5. The Morgan fingerprint density at radius 2 is 1.67 bits per heavy atom. The van der Waals surface area contributed by atoms with Gasteiger partial charge in [0.15, 0.2) is 6.10 Å². The summed E-state index contributed by atoms with van der Waals surface area (Å²) in [6.07, 6.45) is -0.719. The van der Waals surface area contributed by atoms with Crippen LogP contribution >= 0.6 is 11.6 Å². The molecular weight excluding hydrogens is 408 g/mol. The predicted molar refractivity (Wildman–Crippen MR) is 113 cm³/mol. The van der Waals surface area contributed by atoms with E-state index in [0.29, 0.717) is 27.6 Å². The monoisotopic (exact) mass is 424 g/mol. The molecule has 3 aromatic carbocycles. The fourth-order valence-electron chi connectivity index (χ4n) is 2.69. The van der Waals surface area contributed by atoms with E-state index in [-0.39, 0.29) is 11.5 Å². The highest BCUT2D eigenvalue weighted by Crippen LogP contribution is 2.20. The third-order valence-electron chi connectivity index (χ3n) is 4.24. The summed E-state index contributed by atoms with van der Waals surface area (Å²) in [6, 6.07) is 18.5. The average molecular weight is 425 g/mol. The first kappa shape index (κ1) is 21.0. The van der Waals surface area contributed by atoms with Crippen LogP contribution in [0.15, 0.2) is 72.8 Å². The number of benzene rings is 3. The lowest BCUT2D eigenvalue weighted by Crippen LogP contribution is -2.23.